The Bertz CT molecular complexity index is 1400. The molecule has 1 atom stereocenters. The second-order valence-corrected chi connectivity index (χ2v) is 10.3. The van der Waals surface area contributed by atoms with Gasteiger partial charge in [0.05, 0.1) is 11.3 Å². The van der Waals surface area contributed by atoms with Gasteiger partial charge in [-0.3, -0.25) is 9.59 Å². The van der Waals surface area contributed by atoms with E-state index in [4.69, 9.17) is 11.6 Å². The number of H-pyrrole nitrogens is 1. The highest BCUT2D eigenvalue weighted by Crippen LogP contribution is 2.35. The average molecular weight is 539 g/mol. The quantitative estimate of drug-likeness (QED) is 0.250. The molecule has 0 saturated carbocycles. The smallest absolute Gasteiger partial charge is 0.256 e. The molecule has 2 N–H and O–H groups in total. The van der Waals surface area contributed by atoms with Crippen LogP contribution in [0.15, 0.2) is 64.7 Å². The molecule has 7 nitrogen and oxygen atoms in total. The van der Waals surface area contributed by atoms with E-state index in [9.17, 15) is 14.8 Å². The van der Waals surface area contributed by atoms with Crippen LogP contribution < -0.4 is 5.56 Å². The van der Waals surface area contributed by atoms with Crippen LogP contribution in [0, 0.1) is 12.7 Å². The summed E-state index contributed by atoms with van der Waals surface area (Å²) in [5.41, 5.74) is 2.39. The van der Waals surface area contributed by atoms with E-state index in [1.807, 2.05) is 12.1 Å². The van der Waals surface area contributed by atoms with Crippen molar-refractivity contribution in [3.8, 4) is 0 Å². The monoisotopic (exact) mass is 538 g/mol. The Balaban J connectivity index is 1.66. The SMILES string of the molecule is Cc1cc(/C(CC(c2ccc(C(=O)N(C)C3CCN(C)CC3)c(F)c2)c2ccccc2Cl)=N/O)c[nH]c1=O. The van der Waals surface area contributed by atoms with Gasteiger partial charge in [0.25, 0.3) is 11.5 Å². The normalized spacial score (nSPS) is 15.9. The Morgan fingerprint density at radius 2 is 1.95 bits per heavy atom. The van der Waals surface area contributed by atoms with Crippen LogP contribution in [0.3, 0.4) is 0 Å². The van der Waals surface area contributed by atoms with Crippen molar-refractivity contribution >= 4 is 23.2 Å². The summed E-state index contributed by atoms with van der Waals surface area (Å²) >= 11 is 6.54. The van der Waals surface area contributed by atoms with Gasteiger partial charge in [-0.15, -0.1) is 0 Å². The van der Waals surface area contributed by atoms with Gasteiger partial charge >= 0.3 is 0 Å². The van der Waals surface area contributed by atoms with E-state index in [2.05, 4.69) is 22.1 Å². The fraction of sp³-hybridized carbons (Fsp3) is 0.345. The number of aromatic amines is 1. The van der Waals surface area contributed by atoms with E-state index in [0.717, 1.165) is 31.5 Å². The lowest BCUT2D eigenvalue weighted by atomic mass is 9.85. The molecule has 1 unspecified atom stereocenters. The van der Waals surface area contributed by atoms with Crippen molar-refractivity contribution < 1.29 is 14.4 Å². The summed E-state index contributed by atoms with van der Waals surface area (Å²) in [5.74, 6) is -1.45. The molecule has 0 bridgehead atoms. The molecule has 1 fully saturated rings. The number of hydrogen-bond acceptors (Lipinski definition) is 5. The standard InChI is InChI=1S/C29H32ClFN4O3/c1-18-14-20(17-32-28(18)36)27(33-38)16-24(22-6-4-5-7-25(22)30)19-8-9-23(26(31)15-19)29(37)35(3)21-10-12-34(2)13-11-21/h4-9,14-15,17,21,24,38H,10-13,16H2,1-3H3,(H,32,36)/b33-27+. The number of oxime groups is 1. The van der Waals surface area contributed by atoms with Crippen LogP contribution in [0.5, 0.6) is 0 Å². The Hall–Kier alpha value is -3.49. The van der Waals surface area contributed by atoms with Crippen molar-refractivity contribution in [2.45, 2.75) is 38.1 Å². The molecular formula is C29H32ClFN4O3. The molecule has 2 aromatic carbocycles. The van der Waals surface area contributed by atoms with Crippen LogP contribution in [0.2, 0.25) is 5.02 Å². The van der Waals surface area contributed by atoms with Crippen molar-refractivity contribution in [1.82, 2.24) is 14.8 Å². The van der Waals surface area contributed by atoms with Gasteiger partial charge in [-0.25, -0.2) is 4.39 Å². The van der Waals surface area contributed by atoms with Crippen LogP contribution >= 0.6 is 11.6 Å². The first-order chi connectivity index (χ1) is 18.2. The minimum atomic E-state index is -0.619. The lowest BCUT2D eigenvalue weighted by Gasteiger charge is -2.35. The number of piperidine rings is 1. The lowest BCUT2D eigenvalue weighted by molar-refractivity contribution is 0.0655. The van der Waals surface area contributed by atoms with Gasteiger partial charge in [0.2, 0.25) is 0 Å². The van der Waals surface area contributed by atoms with Crippen molar-refractivity contribution in [2.75, 3.05) is 27.2 Å². The summed E-state index contributed by atoms with van der Waals surface area (Å²) < 4.78 is 15.5. The predicted molar refractivity (Wildman–Crippen MR) is 147 cm³/mol. The summed E-state index contributed by atoms with van der Waals surface area (Å²) in [6, 6.07) is 13.5. The number of likely N-dealkylation sites (tertiary alicyclic amines) is 1. The molecule has 0 aliphatic carbocycles. The third-order valence-electron chi connectivity index (χ3n) is 7.40. The van der Waals surface area contributed by atoms with Gasteiger partial charge in [-0.2, -0.15) is 0 Å². The Kier molecular flexibility index (Phi) is 8.64. The van der Waals surface area contributed by atoms with E-state index in [-0.39, 0.29) is 29.5 Å². The molecule has 4 rings (SSSR count). The highest BCUT2D eigenvalue weighted by atomic mass is 35.5. The number of rotatable bonds is 7. The highest BCUT2D eigenvalue weighted by Gasteiger charge is 2.28. The number of benzene rings is 2. The second-order valence-electron chi connectivity index (χ2n) is 9.92. The number of amides is 1. The number of aromatic nitrogens is 1. The summed E-state index contributed by atoms with van der Waals surface area (Å²) in [5, 5.41) is 13.8. The molecule has 1 saturated heterocycles. The third-order valence-corrected chi connectivity index (χ3v) is 7.75. The molecule has 2 heterocycles. The third kappa shape index (κ3) is 5.97. The number of carbonyl (C=O) groups excluding carboxylic acids is 1. The number of carbonyl (C=O) groups is 1. The average Bonchev–Trinajstić information content (AvgIpc) is 2.91. The van der Waals surface area contributed by atoms with Crippen LogP contribution in [0.4, 0.5) is 4.39 Å². The van der Waals surface area contributed by atoms with E-state index in [0.29, 0.717) is 27.4 Å². The predicted octanol–water partition coefficient (Wildman–Crippen LogP) is 5.04. The van der Waals surface area contributed by atoms with E-state index in [1.54, 1.807) is 43.1 Å². The minimum Gasteiger partial charge on any atom is -0.411 e. The number of halogens is 2. The molecule has 1 aliphatic heterocycles. The van der Waals surface area contributed by atoms with Gasteiger partial charge in [0, 0.05) is 47.8 Å². The highest BCUT2D eigenvalue weighted by molar-refractivity contribution is 6.31. The second kappa shape index (κ2) is 11.9. The zero-order chi connectivity index (χ0) is 27.4. The van der Waals surface area contributed by atoms with Crippen molar-refractivity contribution in [3.63, 3.8) is 0 Å². The Labute approximate surface area is 226 Å². The van der Waals surface area contributed by atoms with Gasteiger partial charge in [-0.05, 0) is 75.3 Å². The first kappa shape index (κ1) is 27.5. The molecule has 3 aromatic rings. The van der Waals surface area contributed by atoms with Gasteiger partial charge < -0.3 is 20.0 Å². The maximum Gasteiger partial charge on any atom is 0.256 e. The van der Waals surface area contributed by atoms with Crippen LogP contribution in [0.25, 0.3) is 0 Å². The maximum absolute atomic E-state index is 15.5. The fourth-order valence-corrected chi connectivity index (χ4v) is 5.27. The van der Waals surface area contributed by atoms with E-state index >= 15 is 4.39 Å². The molecule has 0 spiro atoms. The number of pyridine rings is 1. The molecule has 38 heavy (non-hydrogen) atoms. The molecule has 1 amide bonds. The van der Waals surface area contributed by atoms with Gasteiger partial charge in [0.15, 0.2) is 0 Å². The molecule has 1 aliphatic rings. The summed E-state index contributed by atoms with van der Waals surface area (Å²) in [7, 11) is 3.78. The van der Waals surface area contributed by atoms with E-state index < -0.39 is 11.7 Å². The number of aryl methyl sites for hydroxylation is 1. The zero-order valence-electron chi connectivity index (χ0n) is 21.7. The largest absolute Gasteiger partial charge is 0.411 e. The van der Waals surface area contributed by atoms with Gasteiger partial charge in [-0.1, -0.05) is 41.0 Å². The van der Waals surface area contributed by atoms with Crippen LogP contribution in [-0.2, 0) is 0 Å². The van der Waals surface area contributed by atoms with E-state index in [1.165, 1.54) is 18.3 Å². The Morgan fingerprint density at radius 1 is 1.24 bits per heavy atom. The zero-order valence-corrected chi connectivity index (χ0v) is 22.5. The molecular weight excluding hydrogens is 507 g/mol. The first-order valence-electron chi connectivity index (χ1n) is 12.6. The van der Waals surface area contributed by atoms with Crippen LogP contribution in [0.1, 0.15) is 57.8 Å². The fourth-order valence-electron chi connectivity index (χ4n) is 5.00. The Morgan fingerprint density at radius 3 is 2.58 bits per heavy atom. The molecule has 0 radical (unpaired) electrons. The van der Waals surface area contributed by atoms with Crippen molar-refractivity contribution in [3.05, 3.63) is 104 Å². The number of nitrogens with one attached hydrogen (secondary N) is 1. The van der Waals surface area contributed by atoms with Crippen molar-refractivity contribution in [1.29, 1.82) is 0 Å². The van der Waals surface area contributed by atoms with Crippen molar-refractivity contribution in [2.24, 2.45) is 5.16 Å². The summed E-state index contributed by atoms with van der Waals surface area (Å²) in [6.07, 6.45) is 3.35. The topological polar surface area (TPSA) is 89.0 Å². The summed E-state index contributed by atoms with van der Waals surface area (Å²) in [6.45, 7) is 3.45. The minimum absolute atomic E-state index is 0.0143. The summed E-state index contributed by atoms with van der Waals surface area (Å²) in [4.78, 5) is 31.5. The molecule has 9 heteroatoms. The molecule has 1 aromatic heterocycles. The lowest BCUT2D eigenvalue weighted by Crippen LogP contribution is -2.44. The van der Waals surface area contributed by atoms with Crippen LogP contribution in [-0.4, -0.2) is 64.8 Å². The number of hydrogen-bond donors (Lipinski definition) is 2. The van der Waals surface area contributed by atoms with Gasteiger partial charge in [0.1, 0.15) is 5.82 Å². The maximum atomic E-state index is 15.5. The number of nitrogens with zero attached hydrogens (tertiary/aromatic N) is 3. The first-order valence-corrected chi connectivity index (χ1v) is 13.0. The molecule has 200 valence electrons.